The molecule has 0 aromatic carbocycles. The predicted octanol–water partition coefficient (Wildman–Crippen LogP) is -0.423. The first-order valence-electron chi connectivity index (χ1n) is 7.17. The molecule has 0 fully saturated rings. The van der Waals surface area contributed by atoms with Crippen molar-refractivity contribution in [3.63, 3.8) is 0 Å². The molecule has 0 radical (unpaired) electrons. The average molecular weight is 331 g/mol. The SMILES string of the molecule is CC(C)CC(CN)NC(=O)C(C)NS(=O)(=O)c1cnn(C)c1. The molecule has 1 aromatic rings. The van der Waals surface area contributed by atoms with Gasteiger partial charge in [-0.25, -0.2) is 8.42 Å². The Morgan fingerprint density at radius 3 is 2.50 bits per heavy atom. The maximum atomic E-state index is 12.1. The van der Waals surface area contributed by atoms with Crippen molar-refractivity contribution in [1.82, 2.24) is 19.8 Å². The Kier molecular flexibility index (Phi) is 6.51. The first-order chi connectivity index (χ1) is 10.2. The minimum atomic E-state index is -3.77. The minimum absolute atomic E-state index is 0.0206. The van der Waals surface area contributed by atoms with Crippen molar-refractivity contribution in [2.75, 3.05) is 6.54 Å². The summed E-state index contributed by atoms with van der Waals surface area (Å²) < 4.78 is 28.0. The second-order valence-electron chi connectivity index (χ2n) is 5.76. The molecule has 1 amide bonds. The van der Waals surface area contributed by atoms with Crippen LogP contribution in [0.4, 0.5) is 0 Å². The van der Waals surface area contributed by atoms with E-state index in [1.807, 2.05) is 13.8 Å². The third kappa shape index (κ3) is 5.39. The number of nitrogens with one attached hydrogen (secondary N) is 2. The van der Waals surface area contributed by atoms with Crippen LogP contribution in [0.3, 0.4) is 0 Å². The molecular formula is C13H25N5O3S. The molecule has 0 saturated carbocycles. The highest BCUT2D eigenvalue weighted by atomic mass is 32.2. The van der Waals surface area contributed by atoms with Gasteiger partial charge in [-0.3, -0.25) is 9.48 Å². The van der Waals surface area contributed by atoms with Gasteiger partial charge in [-0.05, 0) is 19.3 Å². The normalized spacial score (nSPS) is 14.8. The van der Waals surface area contributed by atoms with Crippen LogP contribution < -0.4 is 15.8 Å². The molecule has 4 N–H and O–H groups in total. The lowest BCUT2D eigenvalue weighted by atomic mass is 10.0. The zero-order chi connectivity index (χ0) is 16.9. The summed E-state index contributed by atoms with van der Waals surface area (Å²) in [6, 6.07) is -1.07. The zero-order valence-electron chi connectivity index (χ0n) is 13.4. The molecule has 0 aliphatic rings. The molecular weight excluding hydrogens is 306 g/mol. The number of amides is 1. The molecule has 2 unspecified atom stereocenters. The van der Waals surface area contributed by atoms with Crippen molar-refractivity contribution in [3.8, 4) is 0 Å². The topological polar surface area (TPSA) is 119 Å². The predicted molar refractivity (Wildman–Crippen MR) is 83.4 cm³/mol. The minimum Gasteiger partial charge on any atom is -0.351 e. The van der Waals surface area contributed by atoms with Crippen LogP contribution in [0, 0.1) is 5.92 Å². The second kappa shape index (κ2) is 7.70. The van der Waals surface area contributed by atoms with Crippen LogP contribution >= 0.6 is 0 Å². The summed E-state index contributed by atoms with van der Waals surface area (Å²) in [5.41, 5.74) is 5.63. The average Bonchev–Trinajstić information content (AvgIpc) is 2.84. The summed E-state index contributed by atoms with van der Waals surface area (Å²) in [6.45, 7) is 5.87. The first kappa shape index (κ1) is 18.6. The van der Waals surface area contributed by atoms with Gasteiger partial charge in [-0.15, -0.1) is 0 Å². The van der Waals surface area contributed by atoms with Crippen molar-refractivity contribution in [3.05, 3.63) is 12.4 Å². The van der Waals surface area contributed by atoms with Gasteiger partial charge in [0, 0.05) is 25.8 Å². The quantitative estimate of drug-likeness (QED) is 0.597. The third-order valence-electron chi connectivity index (χ3n) is 3.10. The van der Waals surface area contributed by atoms with Crippen LogP contribution in [0.5, 0.6) is 0 Å². The van der Waals surface area contributed by atoms with E-state index in [2.05, 4.69) is 15.1 Å². The van der Waals surface area contributed by atoms with Crippen molar-refractivity contribution < 1.29 is 13.2 Å². The van der Waals surface area contributed by atoms with Gasteiger partial charge in [0.05, 0.1) is 12.2 Å². The van der Waals surface area contributed by atoms with E-state index in [0.29, 0.717) is 12.5 Å². The largest absolute Gasteiger partial charge is 0.351 e. The van der Waals surface area contributed by atoms with Crippen molar-refractivity contribution in [1.29, 1.82) is 0 Å². The summed E-state index contributed by atoms with van der Waals surface area (Å²) in [5, 5.41) is 6.58. The van der Waals surface area contributed by atoms with E-state index in [4.69, 9.17) is 5.73 Å². The van der Waals surface area contributed by atoms with E-state index < -0.39 is 22.0 Å². The molecule has 0 aliphatic heterocycles. The van der Waals surface area contributed by atoms with E-state index in [9.17, 15) is 13.2 Å². The highest BCUT2D eigenvalue weighted by molar-refractivity contribution is 7.89. The van der Waals surface area contributed by atoms with E-state index >= 15 is 0 Å². The Balaban J connectivity index is 2.67. The standard InChI is InChI=1S/C13H25N5O3S/c1-9(2)5-11(6-14)16-13(19)10(3)17-22(20,21)12-7-15-18(4)8-12/h7-11,17H,5-6,14H2,1-4H3,(H,16,19). The second-order valence-corrected chi connectivity index (χ2v) is 7.48. The van der Waals surface area contributed by atoms with Gasteiger partial charge in [-0.2, -0.15) is 9.82 Å². The first-order valence-corrected chi connectivity index (χ1v) is 8.65. The summed E-state index contributed by atoms with van der Waals surface area (Å²) in [4.78, 5) is 12.1. The Bertz CT molecular complexity index is 597. The summed E-state index contributed by atoms with van der Waals surface area (Å²) in [5.74, 6) is -0.0141. The Hall–Kier alpha value is -1.45. The molecule has 0 bridgehead atoms. The molecule has 0 spiro atoms. The lowest BCUT2D eigenvalue weighted by molar-refractivity contribution is -0.123. The Labute approximate surface area is 131 Å². The Morgan fingerprint density at radius 2 is 2.05 bits per heavy atom. The maximum absolute atomic E-state index is 12.1. The molecule has 1 heterocycles. The van der Waals surface area contributed by atoms with Crippen molar-refractivity contribution in [2.45, 2.75) is 44.2 Å². The smallest absolute Gasteiger partial charge is 0.244 e. The third-order valence-corrected chi connectivity index (χ3v) is 4.60. The fourth-order valence-electron chi connectivity index (χ4n) is 2.00. The molecule has 126 valence electrons. The van der Waals surface area contributed by atoms with Crippen molar-refractivity contribution >= 4 is 15.9 Å². The lowest BCUT2D eigenvalue weighted by Gasteiger charge is -2.21. The molecule has 8 nitrogen and oxygen atoms in total. The number of nitrogens with zero attached hydrogens (tertiary/aromatic N) is 2. The van der Waals surface area contributed by atoms with Crippen LogP contribution in [0.25, 0.3) is 0 Å². The number of carbonyl (C=O) groups excluding carboxylic acids is 1. The number of hydrogen-bond donors (Lipinski definition) is 3. The number of sulfonamides is 1. The van der Waals surface area contributed by atoms with Gasteiger partial charge in [0.25, 0.3) is 0 Å². The number of hydrogen-bond acceptors (Lipinski definition) is 5. The van der Waals surface area contributed by atoms with E-state index in [1.54, 1.807) is 7.05 Å². The monoisotopic (exact) mass is 331 g/mol. The molecule has 1 rings (SSSR count). The van der Waals surface area contributed by atoms with Crippen molar-refractivity contribution in [2.24, 2.45) is 18.7 Å². The number of rotatable bonds is 8. The number of aryl methyl sites for hydroxylation is 1. The molecule has 1 aromatic heterocycles. The summed E-state index contributed by atoms with van der Waals surface area (Å²) in [7, 11) is -2.16. The van der Waals surface area contributed by atoms with Crippen LogP contribution in [-0.4, -0.2) is 42.7 Å². The van der Waals surface area contributed by atoms with Gasteiger partial charge in [0.1, 0.15) is 4.90 Å². The van der Waals surface area contributed by atoms with Crippen LogP contribution in [-0.2, 0) is 21.9 Å². The van der Waals surface area contributed by atoms with Crippen LogP contribution in [0.1, 0.15) is 27.2 Å². The molecule has 22 heavy (non-hydrogen) atoms. The van der Waals surface area contributed by atoms with E-state index in [0.717, 1.165) is 6.42 Å². The molecule has 2 atom stereocenters. The number of carbonyl (C=O) groups is 1. The van der Waals surface area contributed by atoms with E-state index in [-0.39, 0.29) is 10.9 Å². The highest BCUT2D eigenvalue weighted by Gasteiger charge is 2.24. The maximum Gasteiger partial charge on any atom is 0.244 e. The van der Waals surface area contributed by atoms with Gasteiger partial charge in [0.15, 0.2) is 0 Å². The fraction of sp³-hybridized carbons (Fsp3) is 0.692. The van der Waals surface area contributed by atoms with Gasteiger partial charge >= 0.3 is 0 Å². The zero-order valence-corrected chi connectivity index (χ0v) is 14.2. The lowest BCUT2D eigenvalue weighted by Crippen LogP contribution is -2.50. The van der Waals surface area contributed by atoms with Gasteiger partial charge in [-0.1, -0.05) is 13.8 Å². The molecule has 0 saturated heterocycles. The fourth-order valence-corrected chi connectivity index (χ4v) is 3.19. The number of aromatic nitrogens is 2. The van der Waals surface area contributed by atoms with Gasteiger partial charge in [0.2, 0.25) is 15.9 Å². The van der Waals surface area contributed by atoms with Crippen LogP contribution in [0.2, 0.25) is 0 Å². The van der Waals surface area contributed by atoms with E-state index in [1.165, 1.54) is 24.0 Å². The number of nitrogens with two attached hydrogens (primary N) is 1. The summed E-state index contributed by atoms with van der Waals surface area (Å²) in [6.07, 6.45) is 3.34. The molecule has 0 aliphatic carbocycles. The molecule has 9 heteroatoms. The summed E-state index contributed by atoms with van der Waals surface area (Å²) >= 11 is 0. The van der Waals surface area contributed by atoms with Gasteiger partial charge < -0.3 is 11.1 Å². The van der Waals surface area contributed by atoms with Crippen LogP contribution in [0.15, 0.2) is 17.3 Å². The highest BCUT2D eigenvalue weighted by Crippen LogP contribution is 2.08. The Morgan fingerprint density at radius 1 is 1.41 bits per heavy atom.